The Morgan fingerprint density at radius 3 is 2.40 bits per heavy atom. The summed E-state index contributed by atoms with van der Waals surface area (Å²) in [6.45, 7) is 0.191. The van der Waals surface area contributed by atoms with Crippen molar-refractivity contribution in [2.24, 2.45) is 0 Å². The van der Waals surface area contributed by atoms with Crippen LogP contribution in [0.5, 0.6) is 0 Å². The topological polar surface area (TPSA) is 110 Å². The van der Waals surface area contributed by atoms with Crippen molar-refractivity contribution in [1.29, 1.82) is 0 Å². The minimum Gasteiger partial charge on any atom is -0.344 e. The van der Waals surface area contributed by atoms with Gasteiger partial charge in [-0.3, -0.25) is 9.59 Å². The average Bonchev–Trinajstić information content (AvgIpc) is 3.20. The summed E-state index contributed by atoms with van der Waals surface area (Å²) in [7, 11) is -3.34. The zero-order valence-electron chi connectivity index (χ0n) is 15.6. The molecule has 2 amide bonds. The zero-order chi connectivity index (χ0) is 21.3. The first-order valence-corrected chi connectivity index (χ1v) is 11.2. The number of carbonyl (C=O) groups is 2. The Balaban J connectivity index is 1.58. The second-order valence-corrected chi connectivity index (χ2v) is 9.32. The molecule has 0 bridgehead atoms. The van der Waals surface area contributed by atoms with Gasteiger partial charge >= 0.3 is 11.8 Å². The third kappa shape index (κ3) is 4.22. The van der Waals surface area contributed by atoms with Gasteiger partial charge in [0.25, 0.3) is 0 Å². The van der Waals surface area contributed by atoms with Crippen LogP contribution in [-0.4, -0.2) is 30.0 Å². The van der Waals surface area contributed by atoms with E-state index in [0.29, 0.717) is 22.0 Å². The zero-order valence-corrected chi connectivity index (χ0v) is 17.2. The summed E-state index contributed by atoms with van der Waals surface area (Å²) in [5.74, 6) is -2.05. The van der Waals surface area contributed by atoms with Crippen LogP contribution in [0.1, 0.15) is 16.8 Å². The van der Waals surface area contributed by atoms with Gasteiger partial charge in [-0.2, -0.15) is 5.10 Å². The number of aromatic nitrogens is 2. The highest BCUT2D eigenvalue weighted by Gasteiger charge is 2.33. The molecule has 1 aliphatic rings. The quantitative estimate of drug-likeness (QED) is 0.599. The van der Waals surface area contributed by atoms with Crippen LogP contribution in [0.3, 0.4) is 0 Å². The van der Waals surface area contributed by atoms with Crippen molar-refractivity contribution in [3.8, 4) is 5.69 Å². The molecule has 30 heavy (non-hydrogen) atoms. The third-order valence-corrected chi connectivity index (χ3v) is 6.29. The molecule has 2 N–H and O–H groups in total. The number of sulfone groups is 1. The van der Waals surface area contributed by atoms with Gasteiger partial charge in [-0.25, -0.2) is 13.1 Å². The first kappa shape index (κ1) is 20.1. The number of nitrogens with zero attached hydrogens (tertiary/aromatic N) is 2. The fourth-order valence-corrected chi connectivity index (χ4v) is 4.78. The Kier molecular flexibility index (Phi) is 5.31. The van der Waals surface area contributed by atoms with E-state index in [2.05, 4.69) is 15.7 Å². The van der Waals surface area contributed by atoms with Crippen molar-refractivity contribution in [2.45, 2.75) is 18.1 Å². The molecule has 0 saturated heterocycles. The summed E-state index contributed by atoms with van der Waals surface area (Å²) in [5.41, 5.74) is 2.15. The van der Waals surface area contributed by atoms with Gasteiger partial charge in [0.15, 0.2) is 9.84 Å². The molecule has 0 saturated carbocycles. The fourth-order valence-electron chi connectivity index (χ4n) is 3.16. The second kappa shape index (κ2) is 7.92. The molecule has 2 aromatic carbocycles. The van der Waals surface area contributed by atoms with Crippen LogP contribution in [0.4, 0.5) is 5.82 Å². The Morgan fingerprint density at radius 1 is 1.00 bits per heavy atom. The predicted octanol–water partition coefficient (Wildman–Crippen LogP) is 2.21. The van der Waals surface area contributed by atoms with E-state index in [-0.39, 0.29) is 23.9 Å². The highest BCUT2D eigenvalue weighted by Crippen LogP contribution is 2.33. The highest BCUT2D eigenvalue weighted by atomic mass is 35.5. The largest absolute Gasteiger partial charge is 0.344 e. The maximum absolute atomic E-state index is 12.5. The summed E-state index contributed by atoms with van der Waals surface area (Å²) in [6, 6.07) is 15.8. The average molecular weight is 445 g/mol. The number of hydrogen-bond acceptors (Lipinski definition) is 5. The molecular weight excluding hydrogens is 428 g/mol. The number of carbonyl (C=O) groups excluding carboxylic acids is 2. The molecule has 3 aromatic rings. The lowest BCUT2D eigenvalue weighted by atomic mass is 10.2. The molecule has 154 valence electrons. The molecule has 1 aromatic heterocycles. The fraction of sp³-hybridized carbons (Fsp3) is 0.150. The molecule has 0 spiro atoms. The number of anilines is 1. The van der Waals surface area contributed by atoms with Crippen molar-refractivity contribution < 1.29 is 18.0 Å². The number of nitrogens with one attached hydrogen (secondary N) is 2. The van der Waals surface area contributed by atoms with E-state index in [1.165, 1.54) is 4.68 Å². The molecule has 1 aliphatic heterocycles. The third-order valence-electron chi connectivity index (χ3n) is 4.59. The maximum Gasteiger partial charge on any atom is 0.314 e. The summed E-state index contributed by atoms with van der Waals surface area (Å²) >= 11 is 5.93. The predicted molar refractivity (Wildman–Crippen MR) is 112 cm³/mol. The van der Waals surface area contributed by atoms with Gasteiger partial charge < -0.3 is 10.6 Å². The number of hydrogen-bond donors (Lipinski definition) is 2. The number of halogens is 1. The molecule has 2 heterocycles. The number of benzene rings is 2. The first-order chi connectivity index (χ1) is 14.3. The van der Waals surface area contributed by atoms with E-state index < -0.39 is 21.7 Å². The Bertz CT molecular complexity index is 1220. The van der Waals surface area contributed by atoms with E-state index in [0.717, 1.165) is 5.56 Å². The smallest absolute Gasteiger partial charge is 0.314 e. The van der Waals surface area contributed by atoms with Crippen LogP contribution in [-0.2, 0) is 37.5 Å². The number of amides is 2. The number of rotatable bonds is 4. The van der Waals surface area contributed by atoms with Gasteiger partial charge in [-0.1, -0.05) is 41.9 Å². The van der Waals surface area contributed by atoms with Crippen LogP contribution in [0.25, 0.3) is 5.69 Å². The van der Waals surface area contributed by atoms with Gasteiger partial charge in [0.05, 0.1) is 22.9 Å². The summed E-state index contributed by atoms with van der Waals surface area (Å²) in [5, 5.41) is 9.94. The molecule has 8 nitrogen and oxygen atoms in total. The van der Waals surface area contributed by atoms with Crippen LogP contribution >= 0.6 is 11.6 Å². The highest BCUT2D eigenvalue weighted by molar-refractivity contribution is 7.90. The molecule has 0 fully saturated rings. The molecule has 4 rings (SSSR count). The van der Waals surface area contributed by atoms with Crippen molar-refractivity contribution in [1.82, 2.24) is 15.1 Å². The van der Waals surface area contributed by atoms with Crippen molar-refractivity contribution in [2.75, 3.05) is 5.32 Å². The van der Waals surface area contributed by atoms with E-state index >= 15 is 0 Å². The standard InChI is InChI=1S/C20H17ClN4O4S/c21-14-6-8-15(9-7-14)25-18(16-11-30(28,29)12-17(16)24-25)23-20(27)19(26)22-10-13-4-2-1-3-5-13/h1-9H,10-12H2,(H,22,26)(H,23,27). The van der Waals surface area contributed by atoms with Gasteiger partial charge in [0, 0.05) is 17.1 Å². The van der Waals surface area contributed by atoms with Crippen LogP contribution < -0.4 is 10.6 Å². The lowest BCUT2D eigenvalue weighted by Gasteiger charge is -2.11. The minimum absolute atomic E-state index is 0.160. The monoisotopic (exact) mass is 444 g/mol. The first-order valence-electron chi connectivity index (χ1n) is 9.02. The lowest BCUT2D eigenvalue weighted by Crippen LogP contribution is -2.35. The molecule has 0 aliphatic carbocycles. The minimum atomic E-state index is -3.34. The Labute approximate surface area is 177 Å². The Hall–Kier alpha value is -3.17. The van der Waals surface area contributed by atoms with Gasteiger partial charge in [-0.15, -0.1) is 0 Å². The van der Waals surface area contributed by atoms with Crippen LogP contribution in [0, 0.1) is 0 Å². The second-order valence-electron chi connectivity index (χ2n) is 6.82. The Morgan fingerprint density at radius 2 is 1.70 bits per heavy atom. The van der Waals surface area contributed by atoms with Gasteiger partial charge in [-0.05, 0) is 29.8 Å². The molecular formula is C20H17ClN4O4S. The van der Waals surface area contributed by atoms with Crippen molar-refractivity contribution >= 4 is 39.1 Å². The van der Waals surface area contributed by atoms with Gasteiger partial charge in [0.2, 0.25) is 0 Å². The summed E-state index contributed by atoms with van der Waals surface area (Å²) in [4.78, 5) is 24.8. The van der Waals surface area contributed by atoms with E-state index in [9.17, 15) is 18.0 Å². The van der Waals surface area contributed by atoms with Crippen LogP contribution in [0.2, 0.25) is 5.02 Å². The SMILES string of the molecule is O=C(NCc1ccccc1)C(=O)Nc1c2c(nn1-c1ccc(Cl)cc1)CS(=O)(=O)C2. The number of fused-ring (bicyclic) bond motifs is 1. The summed E-state index contributed by atoms with van der Waals surface area (Å²) in [6.07, 6.45) is 0. The van der Waals surface area contributed by atoms with E-state index in [4.69, 9.17) is 11.6 Å². The molecule has 0 radical (unpaired) electrons. The molecule has 10 heteroatoms. The molecule has 0 atom stereocenters. The lowest BCUT2D eigenvalue weighted by molar-refractivity contribution is -0.136. The van der Waals surface area contributed by atoms with Crippen LogP contribution in [0.15, 0.2) is 54.6 Å². The normalized spacial score (nSPS) is 14.2. The maximum atomic E-state index is 12.5. The van der Waals surface area contributed by atoms with E-state index in [1.807, 2.05) is 30.3 Å². The molecule has 0 unspecified atom stereocenters. The van der Waals surface area contributed by atoms with Crippen molar-refractivity contribution in [3.63, 3.8) is 0 Å². The summed E-state index contributed by atoms with van der Waals surface area (Å²) < 4.78 is 25.4. The van der Waals surface area contributed by atoms with Crippen molar-refractivity contribution in [3.05, 3.63) is 76.4 Å². The van der Waals surface area contributed by atoms with Gasteiger partial charge in [0.1, 0.15) is 5.82 Å². The van der Waals surface area contributed by atoms with E-state index in [1.54, 1.807) is 24.3 Å².